The van der Waals surface area contributed by atoms with Crippen LogP contribution in [0.4, 0.5) is 4.79 Å². The van der Waals surface area contributed by atoms with Crippen LogP contribution in [0, 0.1) is 0 Å². The second-order valence-electron chi connectivity index (χ2n) is 7.44. The van der Waals surface area contributed by atoms with Gasteiger partial charge < -0.3 is 15.7 Å². The Morgan fingerprint density at radius 2 is 1.91 bits per heavy atom. The molecule has 0 aromatic heterocycles. The number of likely N-dealkylation sites (tertiary alicyclic amines) is 1. The Hall–Kier alpha value is -0.460. The number of rotatable bonds is 5. The minimum Gasteiger partial charge on any atom is -0.391 e. The average molecular weight is 342 g/mol. The number of nitrogens with zero attached hydrogens (tertiary/aromatic N) is 1. The molecule has 2 saturated carbocycles. The molecule has 1 aliphatic heterocycles. The lowest BCUT2D eigenvalue weighted by molar-refractivity contribution is 0.00777. The van der Waals surface area contributed by atoms with E-state index in [-0.39, 0.29) is 18.2 Å². The van der Waals surface area contributed by atoms with Crippen LogP contribution >= 0.6 is 11.8 Å². The maximum atomic E-state index is 12.1. The van der Waals surface area contributed by atoms with Gasteiger partial charge in [0.15, 0.2) is 0 Å². The van der Waals surface area contributed by atoms with Crippen LogP contribution in [0.15, 0.2) is 0 Å². The van der Waals surface area contributed by atoms with E-state index in [2.05, 4.69) is 21.8 Å². The van der Waals surface area contributed by atoms with E-state index in [4.69, 9.17) is 0 Å². The lowest BCUT2D eigenvalue weighted by atomic mass is 9.89. The molecule has 0 unspecified atom stereocenters. The van der Waals surface area contributed by atoms with E-state index in [1.165, 1.54) is 19.3 Å². The third kappa shape index (κ3) is 4.54. The summed E-state index contributed by atoms with van der Waals surface area (Å²) >= 11 is 1.87. The molecule has 2 atom stereocenters. The van der Waals surface area contributed by atoms with Crippen LogP contribution in [0.25, 0.3) is 0 Å². The van der Waals surface area contributed by atoms with Gasteiger partial charge in [-0.15, -0.1) is 0 Å². The van der Waals surface area contributed by atoms with Gasteiger partial charge in [0.05, 0.1) is 6.10 Å². The summed E-state index contributed by atoms with van der Waals surface area (Å²) in [6.45, 7) is 2.76. The molecular formula is C17H31N3O2S. The summed E-state index contributed by atoms with van der Waals surface area (Å²) < 4.78 is 0.317. The minimum absolute atomic E-state index is 0.0125. The van der Waals surface area contributed by atoms with E-state index in [1.807, 2.05) is 11.8 Å². The van der Waals surface area contributed by atoms with Gasteiger partial charge in [0.1, 0.15) is 0 Å². The third-order valence-corrected chi connectivity index (χ3v) is 7.26. The van der Waals surface area contributed by atoms with Crippen LogP contribution < -0.4 is 10.6 Å². The topological polar surface area (TPSA) is 64.6 Å². The number of hydrogen-bond donors (Lipinski definition) is 3. The first-order valence-electron chi connectivity index (χ1n) is 9.13. The Morgan fingerprint density at radius 1 is 1.22 bits per heavy atom. The second-order valence-corrected chi connectivity index (χ2v) is 8.72. The van der Waals surface area contributed by atoms with Gasteiger partial charge >= 0.3 is 6.03 Å². The Labute approximate surface area is 143 Å². The van der Waals surface area contributed by atoms with Crippen molar-refractivity contribution < 1.29 is 9.90 Å². The van der Waals surface area contributed by atoms with Crippen molar-refractivity contribution >= 4 is 17.8 Å². The molecule has 6 heteroatoms. The molecule has 0 radical (unpaired) electrons. The first kappa shape index (κ1) is 17.4. The first-order chi connectivity index (χ1) is 11.1. The molecular weight excluding hydrogens is 310 g/mol. The summed E-state index contributed by atoms with van der Waals surface area (Å²) in [5.41, 5.74) is 0. The van der Waals surface area contributed by atoms with Gasteiger partial charge in [0, 0.05) is 36.5 Å². The van der Waals surface area contributed by atoms with Crippen LogP contribution in [-0.2, 0) is 0 Å². The van der Waals surface area contributed by atoms with Crippen molar-refractivity contribution in [3.05, 3.63) is 0 Å². The predicted octanol–water partition coefficient (Wildman–Crippen LogP) is 1.95. The van der Waals surface area contributed by atoms with Gasteiger partial charge in [-0.2, -0.15) is 11.8 Å². The van der Waals surface area contributed by atoms with Gasteiger partial charge in [-0.1, -0.05) is 12.8 Å². The number of piperidine rings is 1. The SMILES string of the molecule is CSC1(CNC(=O)NC2CCN([C@H]3CCCC[C@H]3O)CC2)CC1. The fourth-order valence-corrected chi connectivity index (χ4v) is 4.69. The van der Waals surface area contributed by atoms with Gasteiger partial charge in [-0.3, -0.25) is 4.90 Å². The Morgan fingerprint density at radius 3 is 2.52 bits per heavy atom. The fraction of sp³-hybridized carbons (Fsp3) is 0.941. The molecule has 0 spiro atoms. The Kier molecular flexibility index (Phi) is 5.75. The number of carbonyl (C=O) groups is 1. The highest BCUT2D eigenvalue weighted by Gasteiger charge is 2.42. The molecule has 1 heterocycles. The van der Waals surface area contributed by atoms with Crippen molar-refractivity contribution in [1.29, 1.82) is 0 Å². The summed E-state index contributed by atoms with van der Waals surface area (Å²) in [6, 6.07) is 0.604. The van der Waals surface area contributed by atoms with Crippen LogP contribution in [0.3, 0.4) is 0 Å². The molecule has 5 nitrogen and oxygen atoms in total. The zero-order chi connectivity index (χ0) is 16.3. The minimum atomic E-state index is -0.155. The fourth-order valence-electron chi connectivity index (χ4n) is 3.96. The molecule has 132 valence electrons. The van der Waals surface area contributed by atoms with Gasteiger partial charge in [0.2, 0.25) is 0 Å². The molecule has 2 aliphatic carbocycles. The van der Waals surface area contributed by atoms with Crippen molar-refractivity contribution in [3.8, 4) is 0 Å². The largest absolute Gasteiger partial charge is 0.391 e. The third-order valence-electron chi connectivity index (χ3n) is 5.84. The van der Waals surface area contributed by atoms with Crippen LogP contribution in [0.1, 0.15) is 51.4 Å². The molecule has 3 N–H and O–H groups in total. The van der Waals surface area contributed by atoms with E-state index in [1.54, 1.807) is 0 Å². The lowest BCUT2D eigenvalue weighted by Crippen LogP contribution is -2.53. The molecule has 0 bridgehead atoms. The predicted molar refractivity (Wildman–Crippen MR) is 94.9 cm³/mol. The molecule has 3 fully saturated rings. The van der Waals surface area contributed by atoms with Crippen molar-refractivity contribution in [2.75, 3.05) is 25.9 Å². The zero-order valence-electron chi connectivity index (χ0n) is 14.2. The quantitative estimate of drug-likeness (QED) is 0.715. The average Bonchev–Trinajstić information content (AvgIpc) is 3.35. The van der Waals surface area contributed by atoms with Crippen molar-refractivity contribution in [2.45, 2.75) is 74.3 Å². The number of urea groups is 1. The number of carbonyl (C=O) groups excluding carboxylic acids is 1. The number of thioether (sulfide) groups is 1. The highest BCUT2D eigenvalue weighted by Crippen LogP contribution is 2.46. The number of hydrogen-bond acceptors (Lipinski definition) is 4. The standard InChI is InChI=1S/C17H31N3O2S/c1-23-17(8-9-17)12-18-16(22)19-13-6-10-20(11-7-13)14-4-2-3-5-15(14)21/h13-15,21H,2-12H2,1H3,(H2,18,19,22)/t14-,15+/m0/s1. The maximum Gasteiger partial charge on any atom is 0.315 e. The monoisotopic (exact) mass is 341 g/mol. The molecule has 0 aromatic carbocycles. The number of nitrogens with one attached hydrogen (secondary N) is 2. The molecule has 3 rings (SSSR count). The molecule has 1 saturated heterocycles. The molecule has 23 heavy (non-hydrogen) atoms. The highest BCUT2D eigenvalue weighted by molar-refractivity contribution is 8.00. The number of amides is 2. The van der Waals surface area contributed by atoms with E-state index >= 15 is 0 Å². The Balaban J connectivity index is 1.36. The molecule has 0 aromatic rings. The summed E-state index contributed by atoms with van der Waals surface area (Å²) in [4.78, 5) is 14.5. The molecule has 3 aliphatic rings. The first-order valence-corrected chi connectivity index (χ1v) is 10.4. The summed E-state index contributed by atoms with van der Waals surface area (Å²) in [5, 5.41) is 16.4. The van der Waals surface area contributed by atoms with Crippen LogP contribution in [0.2, 0.25) is 0 Å². The maximum absolute atomic E-state index is 12.1. The summed E-state index contributed by atoms with van der Waals surface area (Å²) in [6.07, 6.45) is 10.9. The van der Waals surface area contributed by atoms with Gasteiger partial charge in [-0.05, 0) is 44.8 Å². The van der Waals surface area contributed by atoms with E-state index in [0.29, 0.717) is 10.8 Å². The summed E-state index contributed by atoms with van der Waals surface area (Å²) in [7, 11) is 0. The van der Waals surface area contributed by atoms with Crippen LogP contribution in [-0.4, -0.2) is 64.9 Å². The van der Waals surface area contributed by atoms with Crippen molar-refractivity contribution in [1.82, 2.24) is 15.5 Å². The summed E-state index contributed by atoms with van der Waals surface area (Å²) in [5.74, 6) is 0. The van der Waals surface area contributed by atoms with E-state index in [0.717, 1.165) is 51.7 Å². The second kappa shape index (κ2) is 7.62. The van der Waals surface area contributed by atoms with E-state index in [9.17, 15) is 9.90 Å². The number of aliphatic hydroxyl groups excluding tert-OH is 1. The van der Waals surface area contributed by atoms with Crippen molar-refractivity contribution in [3.63, 3.8) is 0 Å². The zero-order valence-corrected chi connectivity index (χ0v) is 15.0. The Bertz CT molecular complexity index is 409. The number of aliphatic hydroxyl groups is 1. The van der Waals surface area contributed by atoms with Gasteiger partial charge in [-0.25, -0.2) is 4.79 Å². The normalized spacial score (nSPS) is 31.6. The molecule has 2 amide bonds. The van der Waals surface area contributed by atoms with Gasteiger partial charge in [0.25, 0.3) is 0 Å². The van der Waals surface area contributed by atoms with E-state index < -0.39 is 0 Å². The highest BCUT2D eigenvalue weighted by atomic mass is 32.2. The van der Waals surface area contributed by atoms with Crippen molar-refractivity contribution in [2.24, 2.45) is 0 Å². The lowest BCUT2D eigenvalue weighted by Gasteiger charge is -2.41. The van der Waals surface area contributed by atoms with Crippen LogP contribution in [0.5, 0.6) is 0 Å². The smallest absolute Gasteiger partial charge is 0.315 e.